The van der Waals surface area contributed by atoms with Crippen LogP contribution in [0.1, 0.15) is 0 Å². The number of rotatable bonds is 5. The van der Waals surface area contributed by atoms with Gasteiger partial charge in [0.15, 0.2) is 0 Å². The van der Waals surface area contributed by atoms with E-state index in [-0.39, 0.29) is 18.1 Å². The van der Waals surface area contributed by atoms with Gasteiger partial charge in [-0.25, -0.2) is 0 Å². The first-order chi connectivity index (χ1) is 10.5. The molecule has 2 aromatic rings. The molecule has 0 heterocycles. The first-order valence-corrected chi connectivity index (χ1v) is 7.77. The molecule has 0 aromatic heterocycles. The number of halogens is 2. The molecule has 6 nitrogen and oxygen atoms in total. The Kier molecular flexibility index (Phi) is 5.51. The highest BCUT2D eigenvalue weighted by molar-refractivity contribution is 9.11. The fourth-order valence-corrected chi connectivity index (χ4v) is 2.87. The van der Waals surface area contributed by atoms with Gasteiger partial charge in [0, 0.05) is 32.5 Å². The highest BCUT2D eigenvalue weighted by Gasteiger charge is 2.07. The fraction of sp³-hybridized carbons (Fsp3) is 0.0714. The maximum Gasteiger partial charge on any atom is 0.269 e. The third kappa shape index (κ3) is 4.54. The van der Waals surface area contributed by atoms with E-state index in [9.17, 15) is 14.9 Å². The Bertz CT molecular complexity index is 705. The summed E-state index contributed by atoms with van der Waals surface area (Å²) in [6, 6.07) is 11.2. The predicted octanol–water partition coefficient (Wildman–Crippen LogP) is 4.17. The average Bonchev–Trinajstić information content (AvgIpc) is 2.47. The Morgan fingerprint density at radius 1 is 1.14 bits per heavy atom. The minimum atomic E-state index is -0.488. The summed E-state index contributed by atoms with van der Waals surface area (Å²) in [6.45, 7) is 0.0806. The Hall–Kier alpha value is -1.93. The first kappa shape index (κ1) is 16.4. The SMILES string of the molecule is O=C(CNc1ccc(Br)cc1Br)Nc1ccc([N+](=O)[O-])cc1. The van der Waals surface area contributed by atoms with E-state index in [1.807, 2.05) is 18.2 Å². The van der Waals surface area contributed by atoms with E-state index < -0.39 is 4.92 Å². The molecule has 114 valence electrons. The monoisotopic (exact) mass is 427 g/mol. The van der Waals surface area contributed by atoms with E-state index in [0.29, 0.717) is 5.69 Å². The van der Waals surface area contributed by atoms with Crippen LogP contribution in [0.25, 0.3) is 0 Å². The summed E-state index contributed by atoms with van der Waals surface area (Å²) in [5.74, 6) is -0.247. The second kappa shape index (κ2) is 7.37. The average molecular weight is 429 g/mol. The van der Waals surface area contributed by atoms with Crippen molar-refractivity contribution < 1.29 is 9.72 Å². The van der Waals surface area contributed by atoms with Gasteiger partial charge in [-0.05, 0) is 46.3 Å². The maximum atomic E-state index is 11.9. The normalized spacial score (nSPS) is 10.1. The van der Waals surface area contributed by atoms with Gasteiger partial charge in [0.2, 0.25) is 5.91 Å². The Labute approximate surface area is 143 Å². The van der Waals surface area contributed by atoms with Crippen LogP contribution in [0.3, 0.4) is 0 Å². The van der Waals surface area contributed by atoms with Crippen molar-refractivity contribution in [1.29, 1.82) is 0 Å². The van der Waals surface area contributed by atoms with Crippen molar-refractivity contribution in [3.05, 3.63) is 61.5 Å². The molecule has 0 saturated heterocycles. The molecule has 0 spiro atoms. The standard InChI is InChI=1S/C14H11Br2N3O3/c15-9-1-6-13(12(16)7-9)17-8-14(20)18-10-2-4-11(5-3-10)19(21)22/h1-7,17H,8H2,(H,18,20). The minimum Gasteiger partial charge on any atom is -0.375 e. The molecule has 1 amide bonds. The number of hydrogen-bond donors (Lipinski definition) is 2. The van der Waals surface area contributed by atoms with Gasteiger partial charge in [-0.3, -0.25) is 14.9 Å². The highest BCUT2D eigenvalue weighted by atomic mass is 79.9. The summed E-state index contributed by atoms with van der Waals surface area (Å²) >= 11 is 6.75. The molecule has 2 aromatic carbocycles. The maximum absolute atomic E-state index is 11.9. The zero-order valence-electron chi connectivity index (χ0n) is 11.2. The van der Waals surface area contributed by atoms with Crippen molar-refractivity contribution in [1.82, 2.24) is 0 Å². The third-order valence-corrected chi connectivity index (χ3v) is 3.88. The number of carbonyl (C=O) groups excluding carboxylic acids is 1. The lowest BCUT2D eigenvalue weighted by Crippen LogP contribution is -2.21. The Morgan fingerprint density at radius 2 is 1.82 bits per heavy atom. The summed E-state index contributed by atoms with van der Waals surface area (Å²) in [7, 11) is 0. The van der Waals surface area contributed by atoms with Crippen LogP contribution in [0.4, 0.5) is 17.1 Å². The molecule has 0 aliphatic heterocycles. The molecule has 0 atom stereocenters. The highest BCUT2D eigenvalue weighted by Crippen LogP contribution is 2.26. The summed E-state index contributed by atoms with van der Waals surface area (Å²) < 4.78 is 1.77. The molecule has 0 saturated carbocycles. The van der Waals surface area contributed by atoms with Crippen molar-refractivity contribution >= 4 is 54.8 Å². The van der Waals surface area contributed by atoms with E-state index in [2.05, 4.69) is 42.5 Å². The number of nitro benzene ring substituents is 1. The number of nitro groups is 1. The van der Waals surface area contributed by atoms with Gasteiger partial charge < -0.3 is 10.6 Å². The zero-order valence-corrected chi connectivity index (χ0v) is 14.3. The summed E-state index contributed by atoms with van der Waals surface area (Å²) in [5.41, 5.74) is 1.28. The Balaban J connectivity index is 1.91. The van der Waals surface area contributed by atoms with Crippen LogP contribution in [0.2, 0.25) is 0 Å². The molecular formula is C14H11Br2N3O3. The van der Waals surface area contributed by atoms with Crippen LogP contribution in [-0.2, 0) is 4.79 Å². The van der Waals surface area contributed by atoms with E-state index in [4.69, 9.17) is 0 Å². The molecule has 2 rings (SSSR count). The lowest BCUT2D eigenvalue weighted by Gasteiger charge is -2.09. The van der Waals surface area contributed by atoms with Crippen LogP contribution in [0.15, 0.2) is 51.4 Å². The van der Waals surface area contributed by atoms with Crippen molar-refractivity contribution in [2.45, 2.75) is 0 Å². The fourth-order valence-electron chi connectivity index (χ4n) is 1.68. The number of nitrogens with zero attached hydrogens (tertiary/aromatic N) is 1. The largest absolute Gasteiger partial charge is 0.375 e. The van der Waals surface area contributed by atoms with Gasteiger partial charge in [-0.1, -0.05) is 15.9 Å². The van der Waals surface area contributed by atoms with E-state index >= 15 is 0 Å². The molecule has 0 unspecified atom stereocenters. The number of carbonyl (C=O) groups is 1. The molecule has 0 aliphatic carbocycles. The summed E-state index contributed by atoms with van der Waals surface area (Å²) in [6.07, 6.45) is 0. The molecule has 0 aliphatic rings. The quantitative estimate of drug-likeness (QED) is 0.552. The second-order valence-corrected chi connectivity index (χ2v) is 6.10. The first-order valence-electron chi connectivity index (χ1n) is 6.19. The van der Waals surface area contributed by atoms with Crippen LogP contribution in [0.5, 0.6) is 0 Å². The smallest absolute Gasteiger partial charge is 0.269 e. The number of benzene rings is 2. The van der Waals surface area contributed by atoms with E-state index in [1.165, 1.54) is 24.3 Å². The Morgan fingerprint density at radius 3 is 2.41 bits per heavy atom. The van der Waals surface area contributed by atoms with Crippen LogP contribution >= 0.6 is 31.9 Å². The van der Waals surface area contributed by atoms with Gasteiger partial charge >= 0.3 is 0 Å². The number of non-ortho nitro benzene ring substituents is 1. The van der Waals surface area contributed by atoms with Gasteiger partial charge in [0.1, 0.15) is 0 Å². The number of nitrogens with one attached hydrogen (secondary N) is 2. The van der Waals surface area contributed by atoms with Gasteiger partial charge in [-0.2, -0.15) is 0 Å². The number of amides is 1. The molecule has 0 radical (unpaired) electrons. The minimum absolute atomic E-state index is 0.0186. The van der Waals surface area contributed by atoms with Crippen molar-refractivity contribution in [2.24, 2.45) is 0 Å². The lowest BCUT2D eigenvalue weighted by molar-refractivity contribution is -0.384. The number of hydrogen-bond acceptors (Lipinski definition) is 4. The topological polar surface area (TPSA) is 84.3 Å². The number of anilines is 2. The molecule has 0 bridgehead atoms. The van der Waals surface area contributed by atoms with Gasteiger partial charge in [-0.15, -0.1) is 0 Å². The molecule has 22 heavy (non-hydrogen) atoms. The van der Waals surface area contributed by atoms with Gasteiger partial charge in [0.05, 0.1) is 11.5 Å². The molecule has 0 fully saturated rings. The second-order valence-electron chi connectivity index (χ2n) is 4.33. The third-order valence-electron chi connectivity index (χ3n) is 2.73. The molecular weight excluding hydrogens is 418 g/mol. The van der Waals surface area contributed by atoms with Crippen LogP contribution in [0, 0.1) is 10.1 Å². The summed E-state index contributed by atoms with van der Waals surface area (Å²) in [4.78, 5) is 21.9. The lowest BCUT2D eigenvalue weighted by atomic mass is 10.3. The zero-order chi connectivity index (χ0) is 16.1. The molecule has 8 heteroatoms. The van der Waals surface area contributed by atoms with Crippen molar-refractivity contribution in [3.63, 3.8) is 0 Å². The summed E-state index contributed by atoms with van der Waals surface area (Å²) in [5, 5.41) is 16.2. The van der Waals surface area contributed by atoms with Crippen molar-refractivity contribution in [3.8, 4) is 0 Å². The van der Waals surface area contributed by atoms with Crippen LogP contribution in [-0.4, -0.2) is 17.4 Å². The van der Waals surface area contributed by atoms with E-state index in [1.54, 1.807) is 0 Å². The van der Waals surface area contributed by atoms with E-state index in [0.717, 1.165) is 14.6 Å². The molecule has 2 N–H and O–H groups in total. The van der Waals surface area contributed by atoms with Crippen molar-refractivity contribution in [2.75, 3.05) is 17.2 Å². The van der Waals surface area contributed by atoms with Gasteiger partial charge in [0.25, 0.3) is 5.69 Å². The predicted molar refractivity (Wildman–Crippen MR) is 92.1 cm³/mol. The van der Waals surface area contributed by atoms with Crippen LogP contribution < -0.4 is 10.6 Å².